The van der Waals surface area contributed by atoms with Gasteiger partial charge in [0.1, 0.15) is 5.82 Å². The lowest BCUT2D eigenvalue weighted by Crippen LogP contribution is -2.26. The van der Waals surface area contributed by atoms with Crippen LogP contribution in [0.3, 0.4) is 0 Å². The Hall–Kier alpha value is -2.69. The van der Waals surface area contributed by atoms with Crippen LogP contribution >= 0.6 is 0 Å². The van der Waals surface area contributed by atoms with Gasteiger partial charge in [-0.05, 0) is 55.7 Å². The number of anilines is 2. The van der Waals surface area contributed by atoms with E-state index in [1.807, 2.05) is 19.9 Å². The highest BCUT2D eigenvalue weighted by atomic mass is 19.1. The normalized spacial score (nSPS) is 14.9. The number of fused-ring (bicyclic) bond motifs is 1. The topological polar surface area (TPSA) is 58.2 Å². The first kappa shape index (κ1) is 16.2. The van der Waals surface area contributed by atoms with Crippen molar-refractivity contribution in [2.24, 2.45) is 0 Å². The lowest BCUT2D eigenvalue weighted by molar-refractivity contribution is -0.119. The second-order valence-electron chi connectivity index (χ2n) is 6.48. The summed E-state index contributed by atoms with van der Waals surface area (Å²) in [6.07, 6.45) is 0.535. The Bertz CT molecular complexity index is 815. The van der Waals surface area contributed by atoms with Gasteiger partial charge in [0.05, 0.1) is 5.41 Å². The van der Waals surface area contributed by atoms with Gasteiger partial charge in [0.2, 0.25) is 11.8 Å². The molecule has 0 bridgehead atoms. The lowest BCUT2D eigenvalue weighted by Gasteiger charge is -2.16. The minimum atomic E-state index is -0.622. The molecule has 4 nitrogen and oxygen atoms in total. The molecule has 2 aromatic carbocycles. The molecule has 0 fully saturated rings. The quantitative estimate of drug-likeness (QED) is 0.901. The van der Waals surface area contributed by atoms with Gasteiger partial charge in [-0.3, -0.25) is 9.59 Å². The van der Waals surface area contributed by atoms with Gasteiger partial charge < -0.3 is 10.6 Å². The van der Waals surface area contributed by atoms with E-state index in [0.717, 1.165) is 11.3 Å². The number of nitrogens with one attached hydrogen (secondary N) is 2. The van der Waals surface area contributed by atoms with Crippen LogP contribution in [-0.4, -0.2) is 11.8 Å². The van der Waals surface area contributed by atoms with Crippen molar-refractivity contribution in [2.45, 2.75) is 32.1 Å². The van der Waals surface area contributed by atoms with E-state index >= 15 is 0 Å². The molecule has 2 N–H and O–H groups in total. The van der Waals surface area contributed by atoms with Crippen LogP contribution in [0.25, 0.3) is 0 Å². The Morgan fingerprint density at radius 1 is 1.21 bits per heavy atom. The maximum atomic E-state index is 13.6. The van der Waals surface area contributed by atoms with Crippen molar-refractivity contribution < 1.29 is 14.0 Å². The molecular weight excluding hydrogens is 307 g/mol. The third-order valence-electron chi connectivity index (χ3n) is 4.37. The molecule has 0 spiro atoms. The van der Waals surface area contributed by atoms with Crippen LogP contribution < -0.4 is 10.6 Å². The van der Waals surface area contributed by atoms with Gasteiger partial charge in [-0.2, -0.15) is 0 Å². The predicted octanol–water partition coefficient (Wildman–Crippen LogP) is 3.63. The Kier molecular flexibility index (Phi) is 4.09. The largest absolute Gasteiger partial charge is 0.326 e. The van der Waals surface area contributed by atoms with Crippen molar-refractivity contribution in [1.29, 1.82) is 0 Å². The molecule has 0 saturated heterocycles. The zero-order valence-electron chi connectivity index (χ0n) is 13.7. The summed E-state index contributed by atoms with van der Waals surface area (Å²) >= 11 is 0. The Labute approximate surface area is 140 Å². The highest BCUT2D eigenvalue weighted by Gasteiger charge is 2.38. The van der Waals surface area contributed by atoms with Crippen LogP contribution in [0, 0.1) is 5.82 Å². The molecular formula is C19H19FN2O2. The van der Waals surface area contributed by atoms with Crippen molar-refractivity contribution in [3.8, 4) is 0 Å². The van der Waals surface area contributed by atoms with Gasteiger partial charge >= 0.3 is 0 Å². The van der Waals surface area contributed by atoms with Crippen LogP contribution in [0.15, 0.2) is 42.5 Å². The van der Waals surface area contributed by atoms with E-state index < -0.39 is 5.41 Å². The fraction of sp³-hybridized carbons (Fsp3) is 0.263. The number of amides is 2. The average Bonchev–Trinajstić information content (AvgIpc) is 2.77. The lowest BCUT2D eigenvalue weighted by atomic mass is 9.86. The van der Waals surface area contributed by atoms with Crippen molar-refractivity contribution in [2.75, 3.05) is 10.6 Å². The summed E-state index contributed by atoms with van der Waals surface area (Å²) in [6.45, 7) is 3.69. The fourth-order valence-electron chi connectivity index (χ4n) is 2.82. The summed E-state index contributed by atoms with van der Waals surface area (Å²) in [5.41, 5.74) is 2.17. The number of aryl methyl sites for hydroxylation is 1. The molecule has 0 radical (unpaired) electrons. The zero-order valence-corrected chi connectivity index (χ0v) is 13.7. The van der Waals surface area contributed by atoms with E-state index in [9.17, 15) is 14.0 Å². The van der Waals surface area contributed by atoms with Crippen molar-refractivity contribution in [1.82, 2.24) is 0 Å². The van der Waals surface area contributed by atoms with E-state index in [1.54, 1.807) is 30.3 Å². The maximum absolute atomic E-state index is 13.6. The molecule has 0 aromatic heterocycles. The molecule has 2 amide bonds. The Morgan fingerprint density at radius 3 is 2.71 bits per heavy atom. The SMILES string of the molecule is CC1(C)C(=O)Nc2ccc(NC(=O)CCc3ccccc3F)cc21. The summed E-state index contributed by atoms with van der Waals surface area (Å²) in [5, 5.41) is 5.64. The molecule has 0 unspecified atom stereocenters. The minimum absolute atomic E-state index is 0.0551. The number of carbonyl (C=O) groups excluding carboxylic acids is 2. The molecule has 1 aliphatic heterocycles. The zero-order chi connectivity index (χ0) is 17.3. The number of rotatable bonds is 4. The molecule has 3 rings (SSSR count). The molecule has 0 saturated carbocycles. The average molecular weight is 326 g/mol. The molecule has 0 atom stereocenters. The summed E-state index contributed by atoms with van der Waals surface area (Å²) in [5.74, 6) is -0.539. The van der Waals surface area contributed by atoms with Gasteiger partial charge in [-0.25, -0.2) is 4.39 Å². The summed E-state index contributed by atoms with van der Waals surface area (Å²) < 4.78 is 13.6. The van der Waals surface area contributed by atoms with Gasteiger partial charge in [-0.15, -0.1) is 0 Å². The van der Waals surface area contributed by atoms with Gasteiger partial charge in [0.25, 0.3) is 0 Å². The summed E-state index contributed by atoms with van der Waals surface area (Å²) in [6, 6.07) is 11.8. The van der Waals surface area contributed by atoms with Crippen molar-refractivity contribution in [3.05, 3.63) is 59.4 Å². The highest BCUT2D eigenvalue weighted by molar-refractivity contribution is 6.06. The van der Waals surface area contributed by atoms with Crippen LogP contribution in [0.5, 0.6) is 0 Å². The molecule has 1 heterocycles. The Balaban J connectivity index is 1.67. The van der Waals surface area contributed by atoms with E-state index in [2.05, 4.69) is 10.6 Å². The standard InChI is InChI=1S/C19H19FN2O2/c1-19(2)14-11-13(8-9-16(14)22-18(19)24)21-17(23)10-7-12-5-3-4-6-15(12)20/h3-6,8-9,11H,7,10H2,1-2H3,(H,21,23)(H,22,24). The molecule has 0 aliphatic carbocycles. The van der Waals surface area contributed by atoms with Gasteiger partial charge in [-0.1, -0.05) is 18.2 Å². The minimum Gasteiger partial charge on any atom is -0.326 e. The van der Waals surface area contributed by atoms with E-state index in [1.165, 1.54) is 6.07 Å². The second kappa shape index (κ2) is 6.07. The van der Waals surface area contributed by atoms with Crippen molar-refractivity contribution >= 4 is 23.2 Å². The third-order valence-corrected chi connectivity index (χ3v) is 4.37. The number of hydrogen-bond donors (Lipinski definition) is 2. The number of halogens is 1. The smallest absolute Gasteiger partial charge is 0.234 e. The number of hydrogen-bond acceptors (Lipinski definition) is 2. The van der Waals surface area contributed by atoms with E-state index in [0.29, 0.717) is 17.7 Å². The monoisotopic (exact) mass is 326 g/mol. The molecule has 24 heavy (non-hydrogen) atoms. The first-order valence-electron chi connectivity index (χ1n) is 7.87. The molecule has 2 aromatic rings. The van der Waals surface area contributed by atoms with Gasteiger partial charge in [0.15, 0.2) is 0 Å². The van der Waals surface area contributed by atoms with Gasteiger partial charge in [0, 0.05) is 17.8 Å². The summed E-state index contributed by atoms with van der Waals surface area (Å²) in [7, 11) is 0. The Morgan fingerprint density at radius 2 is 1.96 bits per heavy atom. The van der Waals surface area contributed by atoms with Crippen LogP contribution in [0.2, 0.25) is 0 Å². The molecule has 1 aliphatic rings. The van der Waals surface area contributed by atoms with E-state index in [4.69, 9.17) is 0 Å². The van der Waals surface area contributed by atoms with E-state index in [-0.39, 0.29) is 24.1 Å². The maximum Gasteiger partial charge on any atom is 0.234 e. The van der Waals surface area contributed by atoms with Crippen molar-refractivity contribution in [3.63, 3.8) is 0 Å². The first-order valence-corrected chi connectivity index (χ1v) is 7.87. The van der Waals surface area contributed by atoms with Crippen LogP contribution in [0.1, 0.15) is 31.4 Å². The molecule has 5 heteroatoms. The predicted molar refractivity (Wildman–Crippen MR) is 91.4 cm³/mol. The van der Waals surface area contributed by atoms with Crippen LogP contribution in [0.4, 0.5) is 15.8 Å². The third kappa shape index (κ3) is 3.02. The number of benzene rings is 2. The fourth-order valence-corrected chi connectivity index (χ4v) is 2.82. The number of carbonyl (C=O) groups is 2. The van der Waals surface area contributed by atoms with Crippen LogP contribution in [-0.2, 0) is 21.4 Å². The first-order chi connectivity index (χ1) is 11.4. The highest BCUT2D eigenvalue weighted by Crippen LogP contribution is 2.38. The molecule has 124 valence electrons. The second-order valence-corrected chi connectivity index (χ2v) is 6.48. The summed E-state index contributed by atoms with van der Waals surface area (Å²) in [4.78, 5) is 24.1.